The molecule has 0 saturated heterocycles. The highest BCUT2D eigenvalue weighted by Crippen LogP contribution is 2.34. The number of phenols is 1. The molecule has 0 radical (unpaired) electrons. The van der Waals surface area contributed by atoms with Gasteiger partial charge in [-0.05, 0) is 24.3 Å². The summed E-state index contributed by atoms with van der Waals surface area (Å²) in [4.78, 5) is 33.4. The van der Waals surface area contributed by atoms with Crippen molar-refractivity contribution in [3.8, 4) is 5.75 Å². The van der Waals surface area contributed by atoms with Crippen LogP contribution in [0.15, 0.2) is 42.5 Å². The molecule has 0 aliphatic heterocycles. The molecule has 0 atom stereocenters. The number of nitrogens with zero attached hydrogens (tertiary/aromatic N) is 1. The third kappa shape index (κ3) is 4.93. The molecule has 0 saturated carbocycles. The molecule has 8 nitrogen and oxygen atoms in total. The van der Waals surface area contributed by atoms with Crippen LogP contribution >= 0.6 is 0 Å². The molecule has 0 unspecified atom stereocenters. The van der Waals surface area contributed by atoms with E-state index in [0.29, 0.717) is 6.07 Å². The Kier molecular flexibility index (Phi) is 5.63. The van der Waals surface area contributed by atoms with E-state index in [4.69, 9.17) is 0 Å². The molecule has 0 spiro atoms. The minimum atomic E-state index is -4.79. The zero-order valence-corrected chi connectivity index (χ0v) is 13.3. The molecule has 0 bridgehead atoms. The molecule has 142 valence electrons. The summed E-state index contributed by atoms with van der Waals surface area (Å²) >= 11 is 0. The van der Waals surface area contributed by atoms with Crippen LogP contribution in [0.1, 0.15) is 15.9 Å². The van der Waals surface area contributed by atoms with Gasteiger partial charge >= 0.3 is 12.1 Å². The molecule has 0 heterocycles. The lowest BCUT2D eigenvalue weighted by Gasteiger charge is -2.10. The van der Waals surface area contributed by atoms with Gasteiger partial charge in [-0.1, -0.05) is 12.1 Å². The average molecular weight is 384 g/mol. The quantitative estimate of drug-likeness (QED) is 0.464. The molecule has 27 heavy (non-hydrogen) atoms. The van der Waals surface area contributed by atoms with Crippen molar-refractivity contribution in [3.05, 3.63) is 63.7 Å². The number of carbonyl (C=O) groups excluding carboxylic acids is 2. The van der Waals surface area contributed by atoms with Crippen LogP contribution in [0.3, 0.4) is 0 Å². The van der Waals surface area contributed by atoms with E-state index >= 15 is 0 Å². The molecular weight excluding hydrogens is 373 g/mol. The van der Waals surface area contributed by atoms with Crippen molar-refractivity contribution in [1.82, 2.24) is 0 Å². The maximum atomic E-state index is 12.6. The lowest BCUT2D eigenvalue weighted by atomic mass is 10.1. The van der Waals surface area contributed by atoms with Crippen LogP contribution in [0.4, 0.5) is 24.5 Å². The Morgan fingerprint density at radius 3 is 2.44 bits per heavy atom. The summed E-state index contributed by atoms with van der Waals surface area (Å²) < 4.78 is 42.6. The zero-order chi connectivity index (χ0) is 20.2. The number of alkyl halides is 3. The van der Waals surface area contributed by atoms with Crippen molar-refractivity contribution >= 4 is 23.3 Å². The van der Waals surface area contributed by atoms with Gasteiger partial charge in [0.1, 0.15) is 17.0 Å². The van der Waals surface area contributed by atoms with Crippen LogP contribution in [-0.2, 0) is 15.7 Å². The molecule has 2 N–H and O–H groups in total. The Balaban J connectivity index is 2.08. The fourth-order valence-corrected chi connectivity index (χ4v) is 2.01. The van der Waals surface area contributed by atoms with Gasteiger partial charge < -0.3 is 15.2 Å². The minimum absolute atomic E-state index is 0.203. The van der Waals surface area contributed by atoms with E-state index in [9.17, 15) is 38.0 Å². The first-order valence-corrected chi connectivity index (χ1v) is 7.20. The van der Waals surface area contributed by atoms with Gasteiger partial charge in [-0.25, -0.2) is 4.79 Å². The molecular formula is C16H11F3N2O6. The Labute approximate surface area is 149 Å². The fraction of sp³-hybridized carbons (Fsp3) is 0.125. The topological polar surface area (TPSA) is 119 Å². The molecule has 11 heteroatoms. The van der Waals surface area contributed by atoms with Gasteiger partial charge in [-0.15, -0.1) is 0 Å². The van der Waals surface area contributed by atoms with Gasteiger partial charge in [0.05, 0.1) is 10.5 Å². The molecule has 0 fully saturated rings. The van der Waals surface area contributed by atoms with Crippen molar-refractivity contribution in [2.45, 2.75) is 6.18 Å². The fourth-order valence-electron chi connectivity index (χ4n) is 2.01. The number of hydrogen-bond donors (Lipinski definition) is 2. The number of aromatic hydroxyl groups is 1. The summed E-state index contributed by atoms with van der Waals surface area (Å²) in [7, 11) is 0. The first-order chi connectivity index (χ1) is 12.6. The predicted molar refractivity (Wildman–Crippen MR) is 85.1 cm³/mol. The van der Waals surface area contributed by atoms with Crippen LogP contribution in [0, 0.1) is 10.1 Å². The van der Waals surface area contributed by atoms with Crippen molar-refractivity contribution in [3.63, 3.8) is 0 Å². The SMILES string of the molecule is O=C(COC(=O)c1ccccc1O)Nc1ccc(C(F)(F)F)cc1[N+](=O)[O-]. The number of halogens is 3. The predicted octanol–water partition coefficient (Wildman–Crippen LogP) is 3.11. The number of benzene rings is 2. The van der Waals surface area contributed by atoms with Crippen molar-refractivity contribution < 1.29 is 37.5 Å². The molecule has 2 aromatic carbocycles. The number of anilines is 1. The lowest BCUT2D eigenvalue weighted by molar-refractivity contribution is -0.384. The summed E-state index contributed by atoms with van der Waals surface area (Å²) in [6.45, 7) is -0.870. The first kappa shape index (κ1) is 19.7. The third-order valence-electron chi connectivity index (χ3n) is 3.25. The first-order valence-electron chi connectivity index (χ1n) is 7.20. The summed E-state index contributed by atoms with van der Waals surface area (Å²) in [5.41, 5.74) is -2.91. The van der Waals surface area contributed by atoms with Crippen molar-refractivity contribution in [1.29, 1.82) is 0 Å². The van der Waals surface area contributed by atoms with Crippen LogP contribution in [0.5, 0.6) is 5.75 Å². The van der Waals surface area contributed by atoms with Crippen LogP contribution in [-0.4, -0.2) is 28.5 Å². The lowest BCUT2D eigenvalue weighted by Crippen LogP contribution is -2.21. The van der Waals surface area contributed by atoms with Gasteiger partial charge in [0.25, 0.3) is 11.6 Å². The Hall–Kier alpha value is -3.63. The van der Waals surface area contributed by atoms with Crippen LogP contribution in [0.25, 0.3) is 0 Å². The molecule has 0 aromatic heterocycles. The maximum absolute atomic E-state index is 12.6. The highest BCUT2D eigenvalue weighted by molar-refractivity contribution is 5.97. The number of nitro benzene ring substituents is 1. The summed E-state index contributed by atoms with van der Waals surface area (Å²) in [5.74, 6) is -2.41. The monoisotopic (exact) mass is 384 g/mol. The number of nitrogens with one attached hydrogen (secondary N) is 1. The molecule has 0 aliphatic rings. The van der Waals surface area contributed by atoms with Crippen LogP contribution in [0.2, 0.25) is 0 Å². The summed E-state index contributed by atoms with van der Waals surface area (Å²) in [5, 5.41) is 22.5. The largest absolute Gasteiger partial charge is 0.507 e. The van der Waals surface area contributed by atoms with E-state index in [1.165, 1.54) is 24.3 Å². The molecule has 2 rings (SSSR count). The van der Waals surface area contributed by atoms with E-state index in [2.05, 4.69) is 4.74 Å². The number of para-hydroxylation sites is 1. The number of ether oxygens (including phenoxy) is 1. The summed E-state index contributed by atoms with van der Waals surface area (Å²) in [6.07, 6.45) is -4.79. The Morgan fingerprint density at radius 2 is 1.85 bits per heavy atom. The van der Waals surface area contributed by atoms with Crippen molar-refractivity contribution in [2.75, 3.05) is 11.9 Å². The van der Waals surface area contributed by atoms with E-state index in [0.717, 1.165) is 6.07 Å². The number of esters is 1. The second kappa shape index (κ2) is 7.72. The average Bonchev–Trinajstić information content (AvgIpc) is 2.59. The van der Waals surface area contributed by atoms with Gasteiger partial charge in [-0.2, -0.15) is 13.2 Å². The maximum Gasteiger partial charge on any atom is 0.416 e. The Morgan fingerprint density at radius 1 is 1.19 bits per heavy atom. The Bertz CT molecular complexity index is 898. The number of amides is 1. The number of nitro groups is 1. The van der Waals surface area contributed by atoms with E-state index in [-0.39, 0.29) is 17.4 Å². The second-order valence-corrected chi connectivity index (χ2v) is 5.13. The van der Waals surface area contributed by atoms with Gasteiger partial charge in [0.2, 0.25) is 0 Å². The molecule has 1 amide bonds. The van der Waals surface area contributed by atoms with Gasteiger partial charge in [0.15, 0.2) is 6.61 Å². The highest BCUT2D eigenvalue weighted by atomic mass is 19.4. The van der Waals surface area contributed by atoms with E-state index in [1.54, 1.807) is 0 Å². The number of carbonyl (C=O) groups is 2. The minimum Gasteiger partial charge on any atom is -0.507 e. The van der Waals surface area contributed by atoms with Gasteiger partial charge in [-0.3, -0.25) is 14.9 Å². The number of hydrogen-bond acceptors (Lipinski definition) is 6. The number of rotatable bonds is 5. The zero-order valence-electron chi connectivity index (χ0n) is 13.3. The van der Waals surface area contributed by atoms with Crippen molar-refractivity contribution in [2.24, 2.45) is 0 Å². The smallest absolute Gasteiger partial charge is 0.416 e. The highest BCUT2D eigenvalue weighted by Gasteiger charge is 2.33. The third-order valence-corrected chi connectivity index (χ3v) is 3.25. The van der Waals surface area contributed by atoms with Gasteiger partial charge in [0, 0.05) is 6.07 Å². The molecule has 0 aliphatic carbocycles. The normalized spacial score (nSPS) is 10.9. The standard InChI is InChI=1S/C16H11F3N2O6/c17-16(18,19)9-5-6-11(12(7-9)21(25)26)20-14(23)8-27-15(24)10-3-1-2-4-13(10)22/h1-7,22H,8H2,(H,20,23). The number of phenolic OH excluding ortho intramolecular Hbond substituents is 1. The summed E-state index contributed by atoms with van der Waals surface area (Å²) in [6, 6.07) is 6.95. The van der Waals surface area contributed by atoms with E-state index < -0.39 is 46.5 Å². The van der Waals surface area contributed by atoms with Crippen LogP contribution < -0.4 is 5.32 Å². The molecule has 2 aromatic rings. The van der Waals surface area contributed by atoms with E-state index in [1.807, 2.05) is 5.32 Å². The second-order valence-electron chi connectivity index (χ2n) is 5.13.